The average Bonchev–Trinajstić information content (AvgIpc) is 2.81. The molecule has 3 aromatic rings. The fraction of sp³-hybridized carbons (Fsp3) is 0.118. The Morgan fingerprint density at radius 3 is 2.52 bits per heavy atom. The molecule has 0 aliphatic heterocycles. The molecule has 0 atom stereocenters. The third-order valence-corrected chi connectivity index (χ3v) is 3.80. The highest BCUT2D eigenvalue weighted by molar-refractivity contribution is 6.33. The molecule has 2 aromatic carbocycles. The Morgan fingerprint density at radius 2 is 1.81 bits per heavy atom. The van der Waals surface area contributed by atoms with Gasteiger partial charge in [0.2, 0.25) is 0 Å². The van der Waals surface area contributed by atoms with Crippen molar-refractivity contribution in [1.29, 1.82) is 0 Å². The quantitative estimate of drug-likeness (QED) is 0.762. The summed E-state index contributed by atoms with van der Waals surface area (Å²) in [5.74, 6) is 0.594. The predicted octanol–water partition coefficient (Wildman–Crippen LogP) is 4.39. The summed E-state index contributed by atoms with van der Waals surface area (Å²) in [4.78, 5) is 0. The molecule has 4 heteroatoms. The molecular weight excluding hydrogens is 282 g/mol. The minimum atomic E-state index is 0.594. The fourth-order valence-corrected chi connectivity index (χ4v) is 2.66. The number of nitrogens with zero attached hydrogens (tertiary/aromatic N) is 2. The van der Waals surface area contributed by atoms with E-state index in [1.165, 1.54) is 5.56 Å². The molecule has 0 saturated heterocycles. The van der Waals surface area contributed by atoms with Crippen LogP contribution in [0.25, 0.3) is 16.9 Å². The molecule has 0 amide bonds. The lowest BCUT2D eigenvalue weighted by atomic mass is 10.1. The topological polar surface area (TPSA) is 43.8 Å². The number of rotatable bonds is 2. The summed E-state index contributed by atoms with van der Waals surface area (Å²) in [5, 5.41) is 5.28. The lowest BCUT2D eigenvalue weighted by Gasteiger charge is -2.08. The number of aromatic nitrogens is 2. The van der Waals surface area contributed by atoms with E-state index in [0.717, 1.165) is 22.5 Å². The first-order chi connectivity index (χ1) is 10.1. The Morgan fingerprint density at radius 1 is 1.05 bits per heavy atom. The van der Waals surface area contributed by atoms with E-state index < -0.39 is 0 Å². The standard InChI is InChI=1S/C17H16ClN3/c1-11-7-8-16(12(2)9-11)21-17(19)10-15(20-21)13-5-3-4-6-14(13)18/h3-10H,19H2,1-2H3. The second kappa shape index (κ2) is 5.26. The van der Waals surface area contributed by atoms with Crippen LogP contribution < -0.4 is 5.73 Å². The molecule has 106 valence electrons. The fourth-order valence-electron chi connectivity index (χ4n) is 2.43. The Balaban J connectivity index is 2.12. The van der Waals surface area contributed by atoms with Gasteiger partial charge in [0.1, 0.15) is 5.82 Å². The molecule has 2 N–H and O–H groups in total. The maximum Gasteiger partial charge on any atom is 0.127 e. The van der Waals surface area contributed by atoms with Crippen molar-refractivity contribution in [2.45, 2.75) is 13.8 Å². The van der Waals surface area contributed by atoms with Gasteiger partial charge < -0.3 is 5.73 Å². The van der Waals surface area contributed by atoms with E-state index in [1.54, 1.807) is 4.68 Å². The highest BCUT2D eigenvalue weighted by Gasteiger charge is 2.12. The van der Waals surface area contributed by atoms with Crippen molar-refractivity contribution in [3.8, 4) is 16.9 Å². The summed E-state index contributed by atoms with van der Waals surface area (Å²) < 4.78 is 1.76. The van der Waals surface area contributed by atoms with Crippen LogP contribution in [0.1, 0.15) is 11.1 Å². The van der Waals surface area contributed by atoms with Gasteiger partial charge in [0, 0.05) is 11.6 Å². The molecule has 21 heavy (non-hydrogen) atoms. The van der Waals surface area contributed by atoms with Gasteiger partial charge in [0.15, 0.2) is 0 Å². The number of hydrogen-bond donors (Lipinski definition) is 1. The SMILES string of the molecule is Cc1ccc(-n2nc(-c3ccccc3Cl)cc2N)c(C)c1. The Hall–Kier alpha value is -2.26. The molecule has 0 spiro atoms. The highest BCUT2D eigenvalue weighted by atomic mass is 35.5. The second-order valence-corrected chi connectivity index (χ2v) is 5.54. The van der Waals surface area contributed by atoms with Crippen molar-refractivity contribution in [3.05, 3.63) is 64.7 Å². The Bertz CT molecular complexity index is 806. The summed E-state index contributed by atoms with van der Waals surface area (Å²) in [6, 6.07) is 15.7. The molecular formula is C17H16ClN3. The first kappa shape index (κ1) is 13.7. The minimum absolute atomic E-state index is 0.594. The second-order valence-electron chi connectivity index (χ2n) is 5.14. The predicted molar refractivity (Wildman–Crippen MR) is 87.9 cm³/mol. The first-order valence-corrected chi connectivity index (χ1v) is 7.12. The van der Waals surface area contributed by atoms with Crippen LogP contribution in [0.2, 0.25) is 5.02 Å². The largest absolute Gasteiger partial charge is 0.384 e. The summed E-state index contributed by atoms with van der Waals surface area (Å²) in [5.41, 5.74) is 11.1. The van der Waals surface area contributed by atoms with E-state index in [4.69, 9.17) is 17.3 Å². The molecule has 0 fully saturated rings. The van der Waals surface area contributed by atoms with Gasteiger partial charge in [-0.1, -0.05) is 47.5 Å². The average molecular weight is 298 g/mol. The number of benzene rings is 2. The van der Waals surface area contributed by atoms with Gasteiger partial charge in [0.05, 0.1) is 16.4 Å². The van der Waals surface area contributed by atoms with Gasteiger partial charge >= 0.3 is 0 Å². The molecule has 0 aliphatic carbocycles. The van der Waals surface area contributed by atoms with Gasteiger partial charge in [-0.3, -0.25) is 0 Å². The number of hydrogen-bond acceptors (Lipinski definition) is 2. The van der Waals surface area contributed by atoms with Crippen LogP contribution in [0.15, 0.2) is 48.5 Å². The van der Waals surface area contributed by atoms with Crippen molar-refractivity contribution >= 4 is 17.4 Å². The molecule has 1 heterocycles. The smallest absolute Gasteiger partial charge is 0.127 e. The van der Waals surface area contributed by atoms with Crippen LogP contribution >= 0.6 is 11.6 Å². The third-order valence-electron chi connectivity index (χ3n) is 3.47. The van der Waals surface area contributed by atoms with E-state index in [1.807, 2.05) is 36.4 Å². The lowest BCUT2D eigenvalue weighted by Crippen LogP contribution is -2.03. The number of nitrogen functional groups attached to an aromatic ring is 1. The minimum Gasteiger partial charge on any atom is -0.384 e. The van der Waals surface area contributed by atoms with Crippen molar-refractivity contribution in [2.75, 3.05) is 5.73 Å². The van der Waals surface area contributed by atoms with Gasteiger partial charge in [-0.15, -0.1) is 0 Å². The molecule has 1 aromatic heterocycles. The zero-order chi connectivity index (χ0) is 15.0. The van der Waals surface area contributed by atoms with Crippen molar-refractivity contribution in [1.82, 2.24) is 9.78 Å². The van der Waals surface area contributed by atoms with Crippen LogP contribution in [-0.2, 0) is 0 Å². The van der Waals surface area contributed by atoms with E-state index in [2.05, 4.69) is 31.1 Å². The normalized spacial score (nSPS) is 10.8. The highest BCUT2D eigenvalue weighted by Crippen LogP contribution is 2.29. The number of anilines is 1. The number of nitrogens with two attached hydrogens (primary N) is 1. The lowest BCUT2D eigenvalue weighted by molar-refractivity contribution is 0.886. The van der Waals surface area contributed by atoms with Crippen LogP contribution in [0.4, 0.5) is 5.82 Å². The van der Waals surface area contributed by atoms with Crippen molar-refractivity contribution < 1.29 is 0 Å². The molecule has 0 unspecified atom stereocenters. The van der Waals surface area contributed by atoms with Crippen LogP contribution in [-0.4, -0.2) is 9.78 Å². The summed E-state index contributed by atoms with van der Waals surface area (Å²) in [6.07, 6.45) is 0. The maximum atomic E-state index is 6.23. The maximum absolute atomic E-state index is 6.23. The number of aryl methyl sites for hydroxylation is 2. The van der Waals surface area contributed by atoms with Gasteiger partial charge in [-0.2, -0.15) is 5.10 Å². The van der Waals surface area contributed by atoms with Gasteiger partial charge in [-0.05, 0) is 31.5 Å². The van der Waals surface area contributed by atoms with Gasteiger partial charge in [-0.25, -0.2) is 4.68 Å². The molecule has 3 nitrogen and oxygen atoms in total. The van der Waals surface area contributed by atoms with E-state index in [0.29, 0.717) is 10.8 Å². The monoisotopic (exact) mass is 297 g/mol. The Labute approximate surface area is 129 Å². The molecule has 0 aliphatic rings. The molecule has 3 rings (SSSR count). The van der Waals surface area contributed by atoms with E-state index >= 15 is 0 Å². The molecule has 0 radical (unpaired) electrons. The molecule has 0 bridgehead atoms. The summed E-state index contributed by atoms with van der Waals surface area (Å²) in [6.45, 7) is 4.12. The van der Waals surface area contributed by atoms with Crippen LogP contribution in [0, 0.1) is 13.8 Å². The zero-order valence-corrected chi connectivity index (χ0v) is 12.7. The van der Waals surface area contributed by atoms with Crippen molar-refractivity contribution in [3.63, 3.8) is 0 Å². The molecule has 0 saturated carbocycles. The van der Waals surface area contributed by atoms with Crippen LogP contribution in [0.5, 0.6) is 0 Å². The van der Waals surface area contributed by atoms with Crippen LogP contribution in [0.3, 0.4) is 0 Å². The zero-order valence-electron chi connectivity index (χ0n) is 12.0. The van der Waals surface area contributed by atoms with E-state index in [9.17, 15) is 0 Å². The third kappa shape index (κ3) is 2.52. The van der Waals surface area contributed by atoms with Gasteiger partial charge in [0.25, 0.3) is 0 Å². The summed E-state index contributed by atoms with van der Waals surface area (Å²) in [7, 11) is 0. The summed E-state index contributed by atoms with van der Waals surface area (Å²) >= 11 is 6.23. The first-order valence-electron chi connectivity index (χ1n) is 6.74. The van der Waals surface area contributed by atoms with E-state index in [-0.39, 0.29) is 0 Å². The number of halogens is 1. The van der Waals surface area contributed by atoms with Crippen molar-refractivity contribution in [2.24, 2.45) is 0 Å². The Kier molecular flexibility index (Phi) is 3.43.